The minimum Gasteiger partial charge on any atom is -0.497 e. The zero-order valence-electron chi connectivity index (χ0n) is 12.0. The highest BCUT2D eigenvalue weighted by atomic mass is 16.5. The Morgan fingerprint density at radius 3 is 3.00 bits per heavy atom. The average Bonchev–Trinajstić information content (AvgIpc) is 3.22. The minimum atomic E-state index is -0.0820. The summed E-state index contributed by atoms with van der Waals surface area (Å²) >= 11 is 0. The first kappa shape index (κ1) is 12.5. The van der Waals surface area contributed by atoms with Gasteiger partial charge in [-0.25, -0.2) is 0 Å². The maximum atomic E-state index is 6.40. The van der Waals surface area contributed by atoms with E-state index >= 15 is 0 Å². The van der Waals surface area contributed by atoms with Gasteiger partial charge in [0.2, 0.25) is 0 Å². The van der Waals surface area contributed by atoms with Gasteiger partial charge in [0.25, 0.3) is 0 Å². The summed E-state index contributed by atoms with van der Waals surface area (Å²) in [4.78, 5) is 2.58. The standard InChI is InChI=1S/C16H22N2O2/c1-19-12-4-5-13-14(17)9-16(20-15(13)8-12)6-7-18(10-16)11-2-3-11/h4-5,8,11,14H,2-3,6-7,9-10,17H2,1H3. The lowest BCUT2D eigenvalue weighted by atomic mass is 9.87. The Labute approximate surface area is 119 Å². The number of likely N-dealkylation sites (tertiary alicyclic amines) is 1. The number of hydrogen-bond acceptors (Lipinski definition) is 4. The molecule has 20 heavy (non-hydrogen) atoms. The van der Waals surface area contributed by atoms with Crippen molar-refractivity contribution in [2.24, 2.45) is 5.73 Å². The second-order valence-electron chi connectivity index (χ2n) is 6.45. The molecular weight excluding hydrogens is 252 g/mol. The van der Waals surface area contributed by atoms with Crippen LogP contribution < -0.4 is 15.2 Å². The van der Waals surface area contributed by atoms with Crippen molar-refractivity contribution in [1.82, 2.24) is 4.90 Å². The van der Waals surface area contributed by atoms with Gasteiger partial charge in [-0.15, -0.1) is 0 Å². The van der Waals surface area contributed by atoms with Gasteiger partial charge in [-0.3, -0.25) is 4.90 Å². The van der Waals surface area contributed by atoms with Gasteiger partial charge >= 0.3 is 0 Å². The van der Waals surface area contributed by atoms with Crippen LogP contribution in [0.15, 0.2) is 18.2 Å². The molecule has 1 aromatic rings. The summed E-state index contributed by atoms with van der Waals surface area (Å²) in [5.74, 6) is 1.76. The largest absolute Gasteiger partial charge is 0.497 e. The smallest absolute Gasteiger partial charge is 0.128 e. The molecule has 2 heterocycles. The molecule has 2 aliphatic heterocycles. The first-order chi connectivity index (χ1) is 9.69. The molecule has 108 valence electrons. The van der Waals surface area contributed by atoms with Gasteiger partial charge in [-0.2, -0.15) is 0 Å². The topological polar surface area (TPSA) is 47.7 Å². The van der Waals surface area contributed by atoms with E-state index < -0.39 is 0 Å². The third-order valence-corrected chi connectivity index (χ3v) is 4.95. The summed E-state index contributed by atoms with van der Waals surface area (Å²) in [6.45, 7) is 2.18. The van der Waals surface area contributed by atoms with Gasteiger partial charge < -0.3 is 15.2 Å². The van der Waals surface area contributed by atoms with Crippen LogP contribution in [0.25, 0.3) is 0 Å². The lowest BCUT2D eigenvalue weighted by Crippen LogP contribution is -2.45. The van der Waals surface area contributed by atoms with Gasteiger partial charge in [0.1, 0.15) is 17.1 Å². The number of nitrogens with two attached hydrogens (primary N) is 1. The van der Waals surface area contributed by atoms with E-state index in [-0.39, 0.29) is 11.6 Å². The Morgan fingerprint density at radius 2 is 2.25 bits per heavy atom. The highest BCUT2D eigenvalue weighted by molar-refractivity contribution is 5.44. The molecule has 2 fully saturated rings. The van der Waals surface area contributed by atoms with Crippen LogP contribution in [-0.2, 0) is 0 Å². The summed E-state index contributed by atoms with van der Waals surface area (Å²) in [6.07, 6.45) is 4.72. The quantitative estimate of drug-likeness (QED) is 0.897. The number of methoxy groups -OCH3 is 1. The molecule has 0 aromatic heterocycles. The number of fused-ring (bicyclic) bond motifs is 1. The van der Waals surface area contributed by atoms with E-state index in [4.69, 9.17) is 15.2 Å². The van der Waals surface area contributed by atoms with Crippen molar-refractivity contribution < 1.29 is 9.47 Å². The summed E-state index contributed by atoms with van der Waals surface area (Å²) in [5.41, 5.74) is 7.42. The molecule has 2 N–H and O–H groups in total. The molecule has 1 saturated heterocycles. The molecule has 4 heteroatoms. The first-order valence-corrected chi connectivity index (χ1v) is 7.56. The van der Waals surface area contributed by atoms with Crippen LogP contribution in [0.4, 0.5) is 0 Å². The lowest BCUT2D eigenvalue weighted by molar-refractivity contribution is 0.0431. The second-order valence-corrected chi connectivity index (χ2v) is 6.45. The fraction of sp³-hybridized carbons (Fsp3) is 0.625. The summed E-state index contributed by atoms with van der Waals surface area (Å²) < 4.78 is 11.7. The van der Waals surface area contributed by atoms with E-state index in [2.05, 4.69) is 4.90 Å². The Balaban J connectivity index is 1.62. The van der Waals surface area contributed by atoms with Gasteiger partial charge in [0.15, 0.2) is 0 Å². The van der Waals surface area contributed by atoms with E-state index in [0.717, 1.165) is 49.0 Å². The third-order valence-electron chi connectivity index (χ3n) is 4.95. The number of nitrogens with zero attached hydrogens (tertiary/aromatic N) is 1. The first-order valence-electron chi connectivity index (χ1n) is 7.56. The van der Waals surface area contributed by atoms with Crippen LogP contribution in [-0.4, -0.2) is 36.7 Å². The molecule has 0 bridgehead atoms. The summed E-state index contributed by atoms with van der Waals surface area (Å²) in [5, 5.41) is 0. The highest BCUT2D eigenvalue weighted by Crippen LogP contribution is 2.45. The summed E-state index contributed by atoms with van der Waals surface area (Å²) in [6, 6.07) is 6.87. The van der Waals surface area contributed by atoms with Crippen molar-refractivity contribution in [2.45, 2.75) is 43.4 Å². The van der Waals surface area contributed by atoms with Gasteiger partial charge in [0.05, 0.1) is 7.11 Å². The van der Waals surface area contributed by atoms with Crippen molar-refractivity contribution in [1.29, 1.82) is 0 Å². The van der Waals surface area contributed by atoms with E-state index in [1.807, 2.05) is 18.2 Å². The molecule has 1 saturated carbocycles. The number of benzene rings is 1. The van der Waals surface area contributed by atoms with Crippen LogP contribution in [0.3, 0.4) is 0 Å². The second kappa shape index (κ2) is 4.37. The molecule has 1 spiro atoms. The van der Waals surface area contributed by atoms with E-state index in [0.29, 0.717) is 0 Å². The van der Waals surface area contributed by atoms with Crippen molar-refractivity contribution in [2.75, 3.05) is 20.2 Å². The molecule has 4 nitrogen and oxygen atoms in total. The number of rotatable bonds is 2. The van der Waals surface area contributed by atoms with E-state index in [1.165, 1.54) is 12.8 Å². The van der Waals surface area contributed by atoms with Crippen molar-refractivity contribution in [3.8, 4) is 11.5 Å². The zero-order valence-corrected chi connectivity index (χ0v) is 12.0. The molecule has 1 aliphatic carbocycles. The summed E-state index contributed by atoms with van der Waals surface area (Å²) in [7, 11) is 1.69. The Hall–Kier alpha value is -1.26. The van der Waals surface area contributed by atoms with E-state index in [1.54, 1.807) is 7.11 Å². The predicted octanol–water partition coefficient (Wildman–Crippen LogP) is 2.08. The SMILES string of the molecule is COc1ccc2c(c1)OC1(CCN(C3CC3)C1)CC2N. The van der Waals surface area contributed by atoms with Crippen LogP contribution >= 0.6 is 0 Å². The van der Waals surface area contributed by atoms with Crippen LogP contribution in [0, 0.1) is 0 Å². The zero-order chi connectivity index (χ0) is 13.7. The molecule has 0 amide bonds. The van der Waals surface area contributed by atoms with Crippen LogP contribution in [0.2, 0.25) is 0 Å². The fourth-order valence-electron chi connectivity index (χ4n) is 3.70. The van der Waals surface area contributed by atoms with Crippen LogP contribution in [0.1, 0.15) is 37.3 Å². The predicted molar refractivity (Wildman–Crippen MR) is 77.1 cm³/mol. The Bertz CT molecular complexity index is 529. The van der Waals surface area contributed by atoms with Crippen molar-refractivity contribution in [3.05, 3.63) is 23.8 Å². The van der Waals surface area contributed by atoms with Crippen molar-refractivity contribution in [3.63, 3.8) is 0 Å². The van der Waals surface area contributed by atoms with Gasteiger partial charge in [-0.05, 0) is 18.9 Å². The molecule has 1 aromatic carbocycles. The molecule has 4 rings (SSSR count). The fourth-order valence-corrected chi connectivity index (χ4v) is 3.70. The van der Waals surface area contributed by atoms with Crippen molar-refractivity contribution >= 4 is 0 Å². The highest BCUT2D eigenvalue weighted by Gasteiger charge is 2.48. The molecule has 2 unspecified atom stereocenters. The maximum absolute atomic E-state index is 6.40. The minimum absolute atomic E-state index is 0.0730. The van der Waals surface area contributed by atoms with Gasteiger partial charge in [-0.1, -0.05) is 6.07 Å². The third kappa shape index (κ3) is 1.98. The average molecular weight is 274 g/mol. The maximum Gasteiger partial charge on any atom is 0.128 e. The number of hydrogen-bond donors (Lipinski definition) is 1. The Kier molecular flexibility index (Phi) is 2.72. The Morgan fingerprint density at radius 1 is 1.40 bits per heavy atom. The van der Waals surface area contributed by atoms with E-state index in [9.17, 15) is 0 Å². The molecule has 3 aliphatic rings. The van der Waals surface area contributed by atoms with Crippen LogP contribution in [0.5, 0.6) is 11.5 Å². The van der Waals surface area contributed by atoms with Gasteiger partial charge in [0, 0.05) is 49.6 Å². The molecular formula is C16H22N2O2. The number of ether oxygens (including phenoxy) is 2. The lowest BCUT2D eigenvalue weighted by Gasteiger charge is -2.39. The monoisotopic (exact) mass is 274 g/mol. The molecule has 0 radical (unpaired) electrons. The normalized spacial score (nSPS) is 33.0. The molecule has 2 atom stereocenters.